The van der Waals surface area contributed by atoms with E-state index in [0.29, 0.717) is 9.27 Å². The Balaban J connectivity index is 2.25. The number of rotatable bonds is 6. The maximum Gasteiger partial charge on any atom is 0.256 e. The monoisotopic (exact) mass is 415 g/mol. The van der Waals surface area contributed by atoms with Gasteiger partial charge in [0, 0.05) is 0 Å². The molecule has 146 valence electrons. The Morgan fingerprint density at radius 1 is 0.643 bits per heavy atom. The maximum absolute atomic E-state index is 13.4. The SMILES string of the molecule is Cc1ccccc1C(C)N(S(=O)(=O)c1ccccc1)S(=O)(=O)c1ccccc1. The Bertz CT molecular complexity index is 1090. The lowest BCUT2D eigenvalue weighted by atomic mass is 10.0. The summed E-state index contributed by atoms with van der Waals surface area (Å²) in [6, 6.07) is 21.5. The summed E-state index contributed by atoms with van der Waals surface area (Å²) in [5.74, 6) is 0. The van der Waals surface area contributed by atoms with E-state index in [-0.39, 0.29) is 9.79 Å². The maximum atomic E-state index is 13.4. The van der Waals surface area contributed by atoms with Gasteiger partial charge in [0.25, 0.3) is 20.0 Å². The van der Waals surface area contributed by atoms with Gasteiger partial charge >= 0.3 is 0 Å². The molecule has 0 fully saturated rings. The van der Waals surface area contributed by atoms with E-state index in [4.69, 9.17) is 0 Å². The van der Waals surface area contributed by atoms with E-state index in [0.717, 1.165) is 5.56 Å². The van der Waals surface area contributed by atoms with Gasteiger partial charge in [-0.2, -0.15) is 0 Å². The fraction of sp³-hybridized carbons (Fsp3) is 0.143. The highest BCUT2D eigenvalue weighted by molar-refractivity contribution is 8.04. The molecule has 0 aromatic heterocycles. The molecule has 3 aromatic rings. The molecule has 0 amide bonds. The predicted molar refractivity (Wildman–Crippen MR) is 109 cm³/mol. The number of nitrogens with zero attached hydrogens (tertiary/aromatic N) is 1. The van der Waals surface area contributed by atoms with Crippen LogP contribution in [0.15, 0.2) is 94.7 Å². The molecule has 0 N–H and O–H groups in total. The van der Waals surface area contributed by atoms with Crippen LogP contribution in [0.25, 0.3) is 0 Å². The fourth-order valence-electron chi connectivity index (χ4n) is 3.11. The highest BCUT2D eigenvalue weighted by Gasteiger charge is 2.41. The molecular weight excluding hydrogens is 394 g/mol. The van der Waals surface area contributed by atoms with Gasteiger partial charge in [0.1, 0.15) is 0 Å². The smallest absolute Gasteiger partial charge is 0.206 e. The van der Waals surface area contributed by atoms with Gasteiger partial charge in [-0.05, 0) is 49.2 Å². The van der Waals surface area contributed by atoms with Crippen molar-refractivity contribution >= 4 is 20.0 Å². The summed E-state index contributed by atoms with van der Waals surface area (Å²) in [5, 5.41) is 0. The molecule has 3 rings (SSSR count). The average Bonchev–Trinajstić information content (AvgIpc) is 2.69. The molecule has 0 radical (unpaired) electrons. The summed E-state index contributed by atoms with van der Waals surface area (Å²) in [4.78, 5) is -0.148. The molecule has 5 nitrogen and oxygen atoms in total. The quantitative estimate of drug-likeness (QED) is 0.607. The van der Waals surface area contributed by atoms with E-state index < -0.39 is 26.1 Å². The van der Waals surface area contributed by atoms with Crippen molar-refractivity contribution < 1.29 is 16.8 Å². The molecule has 0 heterocycles. The molecule has 0 aliphatic carbocycles. The lowest BCUT2D eigenvalue weighted by molar-refractivity contribution is 0.447. The van der Waals surface area contributed by atoms with Crippen molar-refractivity contribution in [1.82, 2.24) is 3.71 Å². The predicted octanol–water partition coefficient (Wildman–Crippen LogP) is 4.14. The zero-order chi connectivity index (χ0) is 20.4. The number of sulfonamides is 2. The molecule has 0 aliphatic heterocycles. The van der Waals surface area contributed by atoms with Crippen molar-refractivity contribution in [3.8, 4) is 0 Å². The summed E-state index contributed by atoms with van der Waals surface area (Å²) in [6.45, 7) is 3.41. The largest absolute Gasteiger partial charge is 0.256 e. The zero-order valence-electron chi connectivity index (χ0n) is 15.6. The highest BCUT2D eigenvalue weighted by atomic mass is 32.3. The second-order valence-corrected chi connectivity index (χ2v) is 10.3. The topological polar surface area (TPSA) is 71.5 Å². The van der Waals surface area contributed by atoms with Gasteiger partial charge in [0.05, 0.1) is 15.8 Å². The van der Waals surface area contributed by atoms with E-state index in [1.807, 2.05) is 19.1 Å². The highest BCUT2D eigenvalue weighted by Crippen LogP contribution is 2.34. The first kappa shape index (κ1) is 20.3. The second kappa shape index (κ2) is 7.87. The lowest BCUT2D eigenvalue weighted by Gasteiger charge is -2.29. The fourth-order valence-corrected chi connectivity index (χ4v) is 7.13. The van der Waals surface area contributed by atoms with Gasteiger partial charge in [-0.3, -0.25) is 0 Å². The van der Waals surface area contributed by atoms with Gasteiger partial charge in [0.15, 0.2) is 0 Å². The summed E-state index contributed by atoms with van der Waals surface area (Å²) in [5.41, 5.74) is 1.44. The number of benzene rings is 3. The molecule has 3 aromatic carbocycles. The summed E-state index contributed by atoms with van der Waals surface area (Å²) >= 11 is 0. The van der Waals surface area contributed by atoms with Crippen LogP contribution in [0, 0.1) is 6.92 Å². The first-order valence-electron chi connectivity index (χ1n) is 8.71. The van der Waals surface area contributed by atoms with Crippen LogP contribution >= 0.6 is 0 Å². The van der Waals surface area contributed by atoms with Crippen LogP contribution < -0.4 is 0 Å². The molecule has 7 heteroatoms. The van der Waals surface area contributed by atoms with Crippen molar-refractivity contribution in [2.45, 2.75) is 29.7 Å². The molecule has 28 heavy (non-hydrogen) atoms. The number of hydrogen-bond donors (Lipinski definition) is 0. The molecule has 0 saturated carbocycles. The van der Waals surface area contributed by atoms with Gasteiger partial charge in [0.2, 0.25) is 0 Å². The van der Waals surface area contributed by atoms with Crippen LogP contribution in [0.1, 0.15) is 24.1 Å². The number of aryl methyl sites for hydroxylation is 1. The van der Waals surface area contributed by atoms with E-state index >= 15 is 0 Å². The Hall–Kier alpha value is -2.48. The molecule has 0 aliphatic rings. The Morgan fingerprint density at radius 3 is 1.46 bits per heavy atom. The second-order valence-electron chi connectivity index (χ2n) is 6.39. The third kappa shape index (κ3) is 3.73. The minimum Gasteiger partial charge on any atom is -0.206 e. The van der Waals surface area contributed by atoms with Gasteiger partial charge in [-0.25, -0.2) is 16.8 Å². The molecular formula is C21H21NO4S2. The Kier molecular flexibility index (Phi) is 5.69. The van der Waals surface area contributed by atoms with Gasteiger partial charge in [-0.1, -0.05) is 64.4 Å². The standard InChI is InChI=1S/C21H21NO4S2/c1-17-11-9-10-16-21(17)18(2)22(27(23,24)19-12-5-3-6-13-19)28(25,26)20-14-7-4-8-15-20/h3-16,18H,1-2H3. The van der Waals surface area contributed by atoms with Crippen molar-refractivity contribution in [2.75, 3.05) is 0 Å². The van der Waals surface area contributed by atoms with Gasteiger partial charge in [-0.15, -0.1) is 0 Å². The van der Waals surface area contributed by atoms with E-state index in [1.165, 1.54) is 24.3 Å². The molecule has 1 atom stereocenters. The van der Waals surface area contributed by atoms with E-state index in [2.05, 4.69) is 0 Å². The van der Waals surface area contributed by atoms with Crippen LogP contribution in [0.4, 0.5) is 0 Å². The van der Waals surface area contributed by atoms with Crippen molar-refractivity contribution in [3.63, 3.8) is 0 Å². The Labute approximate surface area is 166 Å². The first-order valence-corrected chi connectivity index (χ1v) is 11.6. The van der Waals surface area contributed by atoms with Crippen molar-refractivity contribution in [1.29, 1.82) is 0 Å². The van der Waals surface area contributed by atoms with E-state index in [9.17, 15) is 16.8 Å². The summed E-state index contributed by atoms with van der Waals surface area (Å²) in [7, 11) is -8.65. The lowest BCUT2D eigenvalue weighted by Crippen LogP contribution is -2.39. The van der Waals surface area contributed by atoms with Gasteiger partial charge < -0.3 is 0 Å². The summed E-state index contributed by atoms with van der Waals surface area (Å²) in [6.07, 6.45) is 0. The normalized spacial score (nSPS) is 13.4. The van der Waals surface area contributed by atoms with Crippen molar-refractivity contribution in [3.05, 3.63) is 96.1 Å². The average molecular weight is 416 g/mol. The zero-order valence-corrected chi connectivity index (χ0v) is 17.2. The molecule has 0 saturated heterocycles. The minimum atomic E-state index is -4.33. The minimum absolute atomic E-state index is 0.0741. The third-order valence-corrected chi connectivity index (χ3v) is 9.00. The van der Waals surface area contributed by atoms with E-state index in [1.54, 1.807) is 55.5 Å². The molecule has 0 spiro atoms. The van der Waals surface area contributed by atoms with Crippen LogP contribution in [-0.4, -0.2) is 20.5 Å². The van der Waals surface area contributed by atoms with Crippen molar-refractivity contribution in [2.24, 2.45) is 0 Å². The molecule has 0 bridgehead atoms. The third-order valence-electron chi connectivity index (χ3n) is 4.51. The van der Waals surface area contributed by atoms with Crippen LogP contribution in [0.2, 0.25) is 0 Å². The van der Waals surface area contributed by atoms with Crippen LogP contribution in [0.5, 0.6) is 0 Å². The summed E-state index contributed by atoms with van der Waals surface area (Å²) < 4.78 is 54.3. The van der Waals surface area contributed by atoms with Crippen LogP contribution in [0.3, 0.4) is 0 Å². The Morgan fingerprint density at radius 2 is 1.04 bits per heavy atom. The van der Waals surface area contributed by atoms with Crippen LogP contribution in [-0.2, 0) is 20.0 Å². The molecule has 1 unspecified atom stereocenters. The number of hydrogen-bond acceptors (Lipinski definition) is 4. The first-order chi connectivity index (χ1) is 13.3.